The molecule has 1 atom stereocenters. The number of hydrogen-bond donors (Lipinski definition) is 2. The van der Waals surface area contributed by atoms with E-state index in [0.717, 1.165) is 10.5 Å². The number of nitrogens with one attached hydrogen (secondary N) is 2. The van der Waals surface area contributed by atoms with E-state index in [9.17, 15) is 14.4 Å². The van der Waals surface area contributed by atoms with Gasteiger partial charge in [0.25, 0.3) is 0 Å². The number of benzene rings is 2. The first-order chi connectivity index (χ1) is 12.1. The van der Waals surface area contributed by atoms with Crippen molar-refractivity contribution in [2.75, 3.05) is 5.32 Å². The predicted octanol–water partition coefficient (Wildman–Crippen LogP) is 2.53. The van der Waals surface area contributed by atoms with E-state index in [-0.39, 0.29) is 18.2 Å². The van der Waals surface area contributed by atoms with Crippen molar-refractivity contribution < 1.29 is 14.4 Å². The first kappa shape index (κ1) is 16.7. The highest BCUT2D eigenvalue weighted by Gasteiger charge is 2.40. The van der Waals surface area contributed by atoms with Crippen LogP contribution in [0.1, 0.15) is 18.4 Å². The maximum Gasteiger partial charge on any atom is 0.329 e. The zero-order valence-electron chi connectivity index (χ0n) is 13.6. The molecule has 6 nitrogen and oxygen atoms in total. The molecular weight excluding hydrogens is 318 g/mol. The minimum atomic E-state index is -0.778. The van der Waals surface area contributed by atoms with E-state index in [1.54, 1.807) is 24.3 Å². The number of imide groups is 1. The van der Waals surface area contributed by atoms with E-state index in [4.69, 9.17) is 0 Å². The normalized spacial score (nSPS) is 16.6. The fraction of sp³-hybridized carbons (Fsp3) is 0.211. The Hall–Kier alpha value is -3.15. The van der Waals surface area contributed by atoms with Gasteiger partial charge in [0.1, 0.15) is 6.04 Å². The minimum absolute atomic E-state index is 0.186. The van der Waals surface area contributed by atoms with Crippen LogP contribution in [0.4, 0.5) is 10.5 Å². The summed E-state index contributed by atoms with van der Waals surface area (Å²) in [6, 6.07) is 17.0. The summed E-state index contributed by atoms with van der Waals surface area (Å²) >= 11 is 0. The summed E-state index contributed by atoms with van der Waals surface area (Å²) in [5, 5.41) is 5.46. The minimum Gasteiger partial charge on any atom is -0.350 e. The lowest BCUT2D eigenvalue weighted by Gasteiger charge is -2.22. The van der Waals surface area contributed by atoms with Gasteiger partial charge in [-0.15, -0.1) is 0 Å². The average molecular weight is 337 g/mol. The summed E-state index contributed by atoms with van der Waals surface area (Å²) in [6.45, 7) is 0.360. The Labute approximate surface area is 145 Å². The third-order valence-electron chi connectivity index (χ3n) is 4.07. The Kier molecular flexibility index (Phi) is 5.09. The van der Waals surface area contributed by atoms with E-state index in [0.29, 0.717) is 18.7 Å². The van der Waals surface area contributed by atoms with Gasteiger partial charge >= 0.3 is 6.03 Å². The Balaban J connectivity index is 1.64. The first-order valence-corrected chi connectivity index (χ1v) is 8.15. The Morgan fingerprint density at radius 1 is 1.00 bits per heavy atom. The lowest BCUT2D eigenvalue weighted by molar-refractivity contribution is -0.132. The summed E-state index contributed by atoms with van der Waals surface area (Å²) in [5.41, 5.74) is 1.54. The molecule has 6 heteroatoms. The monoisotopic (exact) mass is 337 g/mol. The van der Waals surface area contributed by atoms with Crippen molar-refractivity contribution in [1.82, 2.24) is 10.2 Å². The van der Waals surface area contributed by atoms with Gasteiger partial charge in [-0.2, -0.15) is 0 Å². The molecule has 128 valence electrons. The second kappa shape index (κ2) is 7.61. The number of carbonyl (C=O) groups excluding carboxylic acids is 3. The highest BCUT2D eigenvalue weighted by atomic mass is 16.2. The smallest absolute Gasteiger partial charge is 0.329 e. The second-order valence-electron chi connectivity index (χ2n) is 5.82. The number of likely N-dealkylation sites (tertiary alicyclic amines) is 1. The van der Waals surface area contributed by atoms with Crippen molar-refractivity contribution in [3.8, 4) is 0 Å². The number of anilines is 1. The summed E-state index contributed by atoms with van der Waals surface area (Å²) in [4.78, 5) is 38.0. The van der Waals surface area contributed by atoms with Gasteiger partial charge in [-0.05, 0) is 24.1 Å². The predicted molar refractivity (Wildman–Crippen MR) is 93.6 cm³/mol. The van der Waals surface area contributed by atoms with Crippen molar-refractivity contribution in [3.63, 3.8) is 0 Å². The lowest BCUT2D eigenvalue weighted by Crippen LogP contribution is -2.49. The Morgan fingerprint density at radius 3 is 2.32 bits per heavy atom. The van der Waals surface area contributed by atoms with Gasteiger partial charge in [-0.3, -0.25) is 14.5 Å². The van der Waals surface area contributed by atoms with Gasteiger partial charge < -0.3 is 10.6 Å². The molecule has 1 saturated heterocycles. The summed E-state index contributed by atoms with van der Waals surface area (Å²) < 4.78 is 0. The summed E-state index contributed by atoms with van der Waals surface area (Å²) in [7, 11) is 0. The molecule has 25 heavy (non-hydrogen) atoms. The molecular formula is C19H19N3O3. The number of carbonyl (C=O) groups is 3. The van der Waals surface area contributed by atoms with Crippen LogP contribution in [0.3, 0.4) is 0 Å². The van der Waals surface area contributed by atoms with Crippen LogP contribution in [0.25, 0.3) is 0 Å². The molecule has 0 bridgehead atoms. The maximum absolute atomic E-state index is 12.4. The topological polar surface area (TPSA) is 78.5 Å². The molecule has 2 aromatic rings. The van der Waals surface area contributed by atoms with Crippen LogP contribution >= 0.6 is 0 Å². The van der Waals surface area contributed by atoms with Gasteiger partial charge in [-0.25, -0.2) is 4.79 Å². The molecule has 0 spiro atoms. The van der Waals surface area contributed by atoms with Crippen LogP contribution in [-0.4, -0.2) is 28.8 Å². The molecule has 1 fully saturated rings. The zero-order chi connectivity index (χ0) is 17.6. The molecule has 0 aromatic heterocycles. The van der Waals surface area contributed by atoms with Crippen molar-refractivity contribution in [1.29, 1.82) is 0 Å². The van der Waals surface area contributed by atoms with Crippen LogP contribution in [0.15, 0.2) is 60.7 Å². The van der Waals surface area contributed by atoms with Crippen molar-refractivity contribution in [3.05, 3.63) is 66.2 Å². The van der Waals surface area contributed by atoms with E-state index in [1.807, 2.05) is 36.4 Å². The number of rotatable bonds is 4. The summed E-state index contributed by atoms with van der Waals surface area (Å²) in [6.07, 6.45) is 0.521. The molecule has 1 aliphatic rings. The second-order valence-corrected chi connectivity index (χ2v) is 5.82. The number of para-hydroxylation sites is 1. The number of urea groups is 1. The zero-order valence-corrected chi connectivity index (χ0v) is 13.6. The molecule has 3 rings (SSSR count). The molecule has 0 unspecified atom stereocenters. The highest BCUT2D eigenvalue weighted by molar-refractivity contribution is 6.06. The van der Waals surface area contributed by atoms with Crippen LogP contribution in [0.5, 0.6) is 0 Å². The van der Waals surface area contributed by atoms with Crippen molar-refractivity contribution in [2.45, 2.75) is 25.4 Å². The molecule has 0 radical (unpaired) electrons. The molecule has 4 amide bonds. The quantitative estimate of drug-likeness (QED) is 0.900. The fourth-order valence-electron chi connectivity index (χ4n) is 2.79. The van der Waals surface area contributed by atoms with Crippen LogP contribution in [0.2, 0.25) is 0 Å². The SMILES string of the molecule is O=C(NCc1ccccc1)[C@@H]1CCC(=O)N1C(=O)Nc1ccccc1. The van der Waals surface area contributed by atoms with E-state index in [2.05, 4.69) is 10.6 Å². The van der Waals surface area contributed by atoms with E-state index in [1.165, 1.54) is 0 Å². The molecule has 2 N–H and O–H groups in total. The van der Waals surface area contributed by atoms with Crippen molar-refractivity contribution in [2.24, 2.45) is 0 Å². The molecule has 2 aromatic carbocycles. The van der Waals surface area contributed by atoms with Crippen LogP contribution in [0, 0.1) is 0 Å². The molecule has 1 aliphatic heterocycles. The fourth-order valence-corrected chi connectivity index (χ4v) is 2.79. The van der Waals surface area contributed by atoms with Crippen LogP contribution in [-0.2, 0) is 16.1 Å². The van der Waals surface area contributed by atoms with E-state index < -0.39 is 12.1 Å². The number of nitrogens with zero attached hydrogens (tertiary/aromatic N) is 1. The lowest BCUT2D eigenvalue weighted by atomic mass is 10.2. The van der Waals surface area contributed by atoms with Gasteiger partial charge in [-0.1, -0.05) is 48.5 Å². The number of hydrogen-bond acceptors (Lipinski definition) is 3. The van der Waals surface area contributed by atoms with Crippen molar-refractivity contribution >= 4 is 23.5 Å². The highest BCUT2D eigenvalue weighted by Crippen LogP contribution is 2.20. The van der Waals surface area contributed by atoms with Gasteiger partial charge in [0.15, 0.2) is 0 Å². The number of amides is 4. The average Bonchev–Trinajstić information content (AvgIpc) is 3.03. The van der Waals surface area contributed by atoms with Gasteiger partial charge in [0.05, 0.1) is 0 Å². The third-order valence-corrected chi connectivity index (χ3v) is 4.07. The maximum atomic E-state index is 12.4. The molecule has 0 aliphatic carbocycles. The first-order valence-electron chi connectivity index (χ1n) is 8.15. The molecule has 0 saturated carbocycles. The van der Waals surface area contributed by atoms with Gasteiger partial charge in [0.2, 0.25) is 11.8 Å². The van der Waals surface area contributed by atoms with E-state index >= 15 is 0 Å². The van der Waals surface area contributed by atoms with Crippen LogP contribution < -0.4 is 10.6 Å². The Morgan fingerprint density at radius 2 is 1.64 bits per heavy atom. The third kappa shape index (κ3) is 4.03. The Bertz CT molecular complexity index is 762. The summed E-state index contributed by atoms with van der Waals surface area (Å²) in [5.74, 6) is -0.661. The largest absolute Gasteiger partial charge is 0.350 e. The van der Waals surface area contributed by atoms with Gasteiger partial charge in [0, 0.05) is 18.7 Å². The standard InChI is InChI=1S/C19H19N3O3/c23-17-12-11-16(18(24)20-13-14-7-3-1-4-8-14)22(17)19(25)21-15-9-5-2-6-10-15/h1-10,16H,11-13H2,(H,20,24)(H,21,25)/t16-/m0/s1. The molecule has 1 heterocycles.